The van der Waals surface area contributed by atoms with Gasteiger partial charge in [0.2, 0.25) is 20.0 Å². The summed E-state index contributed by atoms with van der Waals surface area (Å²) in [4.78, 5) is -1.10. The van der Waals surface area contributed by atoms with Gasteiger partial charge in [-0.2, -0.15) is 0 Å². The summed E-state index contributed by atoms with van der Waals surface area (Å²) in [5.74, 6) is -1.12. The summed E-state index contributed by atoms with van der Waals surface area (Å²) in [5.41, 5.74) is 0. The van der Waals surface area contributed by atoms with Crippen LogP contribution in [0.3, 0.4) is 0 Å². The van der Waals surface area contributed by atoms with Crippen LogP contribution in [0.4, 0.5) is 4.39 Å². The Labute approximate surface area is 122 Å². The van der Waals surface area contributed by atoms with Crippen molar-refractivity contribution in [1.82, 2.24) is 4.72 Å². The zero-order valence-electron chi connectivity index (χ0n) is 11.0. The topological polar surface area (TPSA) is 116 Å². The van der Waals surface area contributed by atoms with Gasteiger partial charge in [0.05, 0.1) is 11.5 Å². The second-order valence-electron chi connectivity index (χ2n) is 4.72. The molecule has 0 bridgehead atoms. The van der Waals surface area contributed by atoms with Crippen LogP contribution >= 0.6 is 0 Å². The quantitative estimate of drug-likeness (QED) is 0.770. The van der Waals surface area contributed by atoms with Gasteiger partial charge >= 0.3 is 0 Å². The zero-order valence-corrected chi connectivity index (χ0v) is 12.6. The molecule has 118 valence electrons. The van der Waals surface area contributed by atoms with Crippen LogP contribution < -0.4 is 9.86 Å². The van der Waals surface area contributed by atoms with Crippen LogP contribution in [0.25, 0.3) is 0 Å². The molecule has 1 atom stereocenters. The Kier molecular flexibility index (Phi) is 4.63. The monoisotopic (exact) mass is 338 g/mol. The first-order chi connectivity index (χ1) is 9.70. The molecule has 1 saturated heterocycles. The molecule has 1 unspecified atom stereocenters. The summed E-state index contributed by atoms with van der Waals surface area (Å²) in [7, 11) is -8.14. The molecule has 0 aromatic heterocycles. The zero-order chi connectivity index (χ0) is 15.7. The summed E-state index contributed by atoms with van der Waals surface area (Å²) >= 11 is 0. The Balaban J connectivity index is 2.19. The van der Waals surface area contributed by atoms with E-state index in [1.54, 1.807) is 0 Å². The molecule has 2 rings (SSSR count). The maximum absolute atomic E-state index is 13.8. The molecule has 0 amide bonds. The van der Waals surface area contributed by atoms with E-state index in [4.69, 9.17) is 9.88 Å². The average Bonchev–Trinajstić information content (AvgIpc) is 2.88. The molecule has 1 aromatic rings. The summed E-state index contributed by atoms with van der Waals surface area (Å²) < 4.78 is 67.4. The van der Waals surface area contributed by atoms with Crippen LogP contribution in [0.1, 0.15) is 6.42 Å². The predicted octanol–water partition coefficient (Wildman–Crippen LogP) is -0.212. The summed E-state index contributed by atoms with van der Waals surface area (Å²) in [6.45, 7) is 1.16. The van der Waals surface area contributed by atoms with Gasteiger partial charge in [-0.1, -0.05) is 0 Å². The molecular formula is C11H15FN2O5S2. The number of nitrogens with two attached hydrogens (primary N) is 1. The second kappa shape index (κ2) is 5.97. The molecule has 3 N–H and O–H groups in total. The number of halogens is 1. The highest BCUT2D eigenvalue weighted by atomic mass is 32.2. The van der Waals surface area contributed by atoms with Crippen LogP contribution in [0.2, 0.25) is 0 Å². The Morgan fingerprint density at radius 3 is 2.57 bits per heavy atom. The lowest BCUT2D eigenvalue weighted by atomic mass is 10.1. The van der Waals surface area contributed by atoms with E-state index in [1.165, 1.54) is 0 Å². The van der Waals surface area contributed by atoms with Gasteiger partial charge in [0.25, 0.3) is 0 Å². The molecule has 0 aliphatic carbocycles. The third-order valence-electron chi connectivity index (χ3n) is 3.11. The van der Waals surface area contributed by atoms with E-state index in [0.29, 0.717) is 19.3 Å². The number of primary sulfonamides is 1. The highest BCUT2D eigenvalue weighted by molar-refractivity contribution is 7.89. The largest absolute Gasteiger partial charge is 0.381 e. The number of hydrogen-bond donors (Lipinski definition) is 2. The molecule has 1 fully saturated rings. The van der Waals surface area contributed by atoms with Crippen LogP contribution in [-0.4, -0.2) is 36.6 Å². The van der Waals surface area contributed by atoms with E-state index >= 15 is 0 Å². The summed E-state index contributed by atoms with van der Waals surface area (Å²) in [6, 6.07) is 2.41. The Morgan fingerprint density at radius 1 is 1.33 bits per heavy atom. The van der Waals surface area contributed by atoms with Gasteiger partial charge in [-0.15, -0.1) is 0 Å². The van der Waals surface area contributed by atoms with Gasteiger partial charge in [0, 0.05) is 13.2 Å². The average molecular weight is 338 g/mol. The molecule has 1 aromatic carbocycles. The van der Waals surface area contributed by atoms with Gasteiger partial charge in [-0.05, 0) is 30.5 Å². The van der Waals surface area contributed by atoms with Crippen LogP contribution in [0, 0.1) is 11.7 Å². The van der Waals surface area contributed by atoms with Crippen molar-refractivity contribution in [2.75, 3.05) is 19.8 Å². The first-order valence-electron chi connectivity index (χ1n) is 6.10. The molecule has 0 saturated carbocycles. The number of nitrogens with one attached hydrogen (secondary N) is 1. The summed E-state index contributed by atoms with van der Waals surface area (Å²) in [6.07, 6.45) is 0.732. The minimum absolute atomic E-state index is 0.0477. The standard InChI is InChI=1S/C11H15FN2O5S2/c12-10-5-9(20(13,15)16)1-2-11(10)21(17,18)14-6-8-3-4-19-7-8/h1-2,5,8,14H,3-4,6-7H2,(H2,13,15,16). The lowest BCUT2D eigenvalue weighted by Crippen LogP contribution is -2.30. The van der Waals surface area contributed by atoms with Crippen molar-refractivity contribution in [1.29, 1.82) is 0 Å². The number of rotatable bonds is 5. The van der Waals surface area contributed by atoms with Crippen LogP contribution in [0.15, 0.2) is 28.0 Å². The van der Waals surface area contributed by atoms with E-state index in [-0.39, 0.29) is 12.5 Å². The maximum Gasteiger partial charge on any atom is 0.243 e. The molecule has 0 radical (unpaired) electrons. The van der Waals surface area contributed by atoms with Crippen molar-refractivity contribution in [2.24, 2.45) is 11.1 Å². The van der Waals surface area contributed by atoms with E-state index in [1.807, 2.05) is 0 Å². The Hall–Kier alpha value is -1.07. The van der Waals surface area contributed by atoms with Gasteiger partial charge in [-0.3, -0.25) is 0 Å². The number of hydrogen-bond acceptors (Lipinski definition) is 5. The molecule has 1 aliphatic heterocycles. The van der Waals surface area contributed by atoms with Crippen molar-refractivity contribution in [2.45, 2.75) is 16.2 Å². The first kappa shape index (κ1) is 16.3. The minimum atomic E-state index is -4.08. The molecular weight excluding hydrogens is 323 g/mol. The third-order valence-corrected chi connectivity index (χ3v) is 5.48. The summed E-state index contributed by atoms with van der Waals surface area (Å²) in [5, 5.41) is 4.85. The van der Waals surface area contributed by atoms with E-state index in [2.05, 4.69) is 4.72 Å². The number of ether oxygens (including phenoxy) is 1. The smallest absolute Gasteiger partial charge is 0.243 e. The number of benzene rings is 1. The van der Waals surface area contributed by atoms with Crippen molar-refractivity contribution in [3.63, 3.8) is 0 Å². The van der Waals surface area contributed by atoms with Gasteiger partial charge < -0.3 is 4.74 Å². The first-order valence-corrected chi connectivity index (χ1v) is 9.13. The van der Waals surface area contributed by atoms with Crippen LogP contribution in [0.5, 0.6) is 0 Å². The van der Waals surface area contributed by atoms with E-state index in [0.717, 1.165) is 18.6 Å². The molecule has 10 heteroatoms. The fourth-order valence-electron chi connectivity index (χ4n) is 1.93. The SMILES string of the molecule is NS(=O)(=O)c1ccc(S(=O)(=O)NCC2CCOC2)c(F)c1. The van der Waals surface area contributed by atoms with Crippen molar-refractivity contribution in [3.05, 3.63) is 24.0 Å². The lowest BCUT2D eigenvalue weighted by Gasteiger charge is -2.11. The van der Waals surface area contributed by atoms with Gasteiger partial charge in [0.15, 0.2) is 0 Å². The molecule has 1 heterocycles. The minimum Gasteiger partial charge on any atom is -0.381 e. The molecule has 1 aliphatic rings. The van der Waals surface area contributed by atoms with Crippen molar-refractivity contribution < 1.29 is 26.0 Å². The van der Waals surface area contributed by atoms with Gasteiger partial charge in [-0.25, -0.2) is 31.1 Å². The lowest BCUT2D eigenvalue weighted by molar-refractivity contribution is 0.186. The maximum atomic E-state index is 13.8. The van der Waals surface area contributed by atoms with E-state index < -0.39 is 35.7 Å². The van der Waals surface area contributed by atoms with Crippen molar-refractivity contribution in [3.8, 4) is 0 Å². The highest BCUT2D eigenvalue weighted by Gasteiger charge is 2.23. The Morgan fingerprint density at radius 2 is 2.05 bits per heavy atom. The van der Waals surface area contributed by atoms with Crippen LogP contribution in [-0.2, 0) is 24.8 Å². The predicted molar refractivity (Wildman–Crippen MR) is 71.9 cm³/mol. The van der Waals surface area contributed by atoms with E-state index in [9.17, 15) is 21.2 Å². The molecule has 0 spiro atoms. The normalized spacial score (nSPS) is 19.8. The number of sulfonamides is 2. The third kappa shape index (κ3) is 3.98. The second-order valence-corrected chi connectivity index (χ2v) is 8.02. The van der Waals surface area contributed by atoms with Gasteiger partial charge in [0.1, 0.15) is 10.7 Å². The Bertz CT molecular complexity index is 727. The highest BCUT2D eigenvalue weighted by Crippen LogP contribution is 2.19. The fraction of sp³-hybridized carbons (Fsp3) is 0.455. The molecule has 21 heavy (non-hydrogen) atoms. The molecule has 7 nitrogen and oxygen atoms in total. The van der Waals surface area contributed by atoms with Crippen molar-refractivity contribution >= 4 is 20.0 Å². The fourth-order valence-corrected chi connectivity index (χ4v) is 3.63.